The average Bonchev–Trinajstić information content (AvgIpc) is 2.52. The number of nitrogens with one attached hydrogen (secondary N) is 2. The van der Waals surface area contributed by atoms with Gasteiger partial charge in [-0.05, 0) is 31.3 Å². The van der Waals surface area contributed by atoms with E-state index < -0.39 is 10.0 Å². The fourth-order valence-electron chi connectivity index (χ4n) is 1.89. The first-order valence-corrected chi connectivity index (χ1v) is 8.85. The molecule has 134 valence electrons. The molecule has 24 heavy (non-hydrogen) atoms. The van der Waals surface area contributed by atoms with Gasteiger partial charge < -0.3 is 15.5 Å². The minimum Gasteiger partial charge on any atom is -0.343 e. The highest BCUT2D eigenvalue weighted by atomic mass is 32.2. The van der Waals surface area contributed by atoms with Crippen LogP contribution in [0.1, 0.15) is 6.92 Å². The molecule has 0 saturated carbocycles. The average molecular weight is 356 g/mol. The summed E-state index contributed by atoms with van der Waals surface area (Å²) in [4.78, 5) is 24.6. The van der Waals surface area contributed by atoms with E-state index in [1.54, 1.807) is 14.1 Å². The molecule has 0 saturated heterocycles. The van der Waals surface area contributed by atoms with Crippen molar-refractivity contribution in [3.63, 3.8) is 0 Å². The maximum absolute atomic E-state index is 12.5. The Morgan fingerprint density at radius 2 is 1.71 bits per heavy atom. The minimum absolute atomic E-state index is 0.0600. The smallest absolute Gasteiger partial charge is 0.243 e. The fourth-order valence-corrected chi connectivity index (χ4v) is 3.01. The number of amides is 2. The molecule has 2 amide bonds. The highest BCUT2D eigenvalue weighted by Gasteiger charge is 2.24. The molecule has 8 nitrogen and oxygen atoms in total. The molecule has 0 aliphatic rings. The third-order valence-corrected chi connectivity index (χ3v) is 5.18. The number of carbonyl (C=O) groups is 2. The second-order valence-electron chi connectivity index (χ2n) is 5.39. The van der Waals surface area contributed by atoms with Crippen molar-refractivity contribution in [2.45, 2.75) is 11.8 Å². The molecule has 0 unspecified atom stereocenters. The Hall–Kier alpha value is -1.97. The molecule has 0 bridgehead atoms. The van der Waals surface area contributed by atoms with Crippen LogP contribution in [0, 0.1) is 0 Å². The third-order valence-electron chi connectivity index (χ3n) is 3.36. The minimum atomic E-state index is -3.78. The first-order valence-electron chi connectivity index (χ1n) is 7.41. The highest BCUT2D eigenvalue weighted by Crippen LogP contribution is 2.17. The molecule has 2 N–H and O–H groups in total. The van der Waals surface area contributed by atoms with Crippen molar-refractivity contribution in [3.05, 3.63) is 24.3 Å². The summed E-state index contributed by atoms with van der Waals surface area (Å²) in [5, 5.41) is 5.49. The molecule has 0 aromatic heterocycles. The van der Waals surface area contributed by atoms with Crippen LogP contribution in [-0.2, 0) is 19.6 Å². The molecule has 0 radical (unpaired) electrons. The number of hydrogen-bond acceptors (Lipinski definition) is 5. The Morgan fingerprint density at radius 3 is 2.21 bits per heavy atom. The number of hydrogen-bond donors (Lipinski definition) is 2. The van der Waals surface area contributed by atoms with E-state index >= 15 is 0 Å². The predicted octanol–water partition coefficient (Wildman–Crippen LogP) is -0.0567. The molecule has 0 aliphatic carbocycles. The van der Waals surface area contributed by atoms with Crippen molar-refractivity contribution >= 4 is 27.5 Å². The molecule has 0 spiro atoms. The maximum Gasteiger partial charge on any atom is 0.243 e. The molecule has 1 aromatic carbocycles. The molecular weight excluding hydrogens is 332 g/mol. The molecule has 9 heteroatoms. The van der Waals surface area contributed by atoms with E-state index in [1.165, 1.54) is 43.1 Å². The lowest BCUT2D eigenvalue weighted by atomic mass is 10.3. The van der Waals surface area contributed by atoms with Gasteiger partial charge in [-0.2, -0.15) is 4.31 Å². The molecular formula is C15H24N4O4S. The predicted molar refractivity (Wildman–Crippen MR) is 92.1 cm³/mol. The van der Waals surface area contributed by atoms with E-state index in [4.69, 9.17) is 0 Å². The van der Waals surface area contributed by atoms with E-state index in [-0.39, 0.29) is 23.3 Å². The molecule has 0 heterocycles. The van der Waals surface area contributed by atoms with E-state index in [0.29, 0.717) is 18.8 Å². The number of nitrogens with zero attached hydrogens (tertiary/aromatic N) is 2. The number of anilines is 1. The maximum atomic E-state index is 12.5. The largest absolute Gasteiger partial charge is 0.343 e. The van der Waals surface area contributed by atoms with Gasteiger partial charge >= 0.3 is 0 Å². The zero-order valence-electron chi connectivity index (χ0n) is 14.4. The van der Waals surface area contributed by atoms with Gasteiger partial charge in [0.15, 0.2) is 0 Å². The molecule has 1 aromatic rings. The Labute approximate surface area is 142 Å². The van der Waals surface area contributed by atoms with Gasteiger partial charge in [-0.15, -0.1) is 0 Å². The Morgan fingerprint density at radius 1 is 1.12 bits per heavy atom. The van der Waals surface area contributed by atoms with Crippen molar-refractivity contribution in [1.82, 2.24) is 14.5 Å². The lowest BCUT2D eigenvalue weighted by Crippen LogP contribution is -2.41. The van der Waals surface area contributed by atoms with Gasteiger partial charge in [-0.1, -0.05) is 0 Å². The van der Waals surface area contributed by atoms with Gasteiger partial charge in [-0.25, -0.2) is 8.42 Å². The molecule has 1 rings (SSSR count). The SMILES string of the molecule is CNCCN(C)C(=O)CN(C)S(=O)(=O)c1ccc(NC(C)=O)cc1. The topological polar surface area (TPSA) is 98.8 Å². The standard InChI is InChI=1S/C15H24N4O4S/c1-12(20)17-13-5-7-14(8-6-13)24(22,23)19(4)11-15(21)18(3)10-9-16-2/h5-8,16H,9-11H2,1-4H3,(H,17,20). The first kappa shape index (κ1) is 20.1. The van der Waals surface area contributed by atoms with Crippen molar-refractivity contribution in [3.8, 4) is 0 Å². The molecule has 0 fully saturated rings. The summed E-state index contributed by atoms with van der Waals surface area (Å²) in [6.45, 7) is 2.25. The van der Waals surface area contributed by atoms with Crippen molar-refractivity contribution in [1.29, 1.82) is 0 Å². The third kappa shape index (κ3) is 5.59. The number of carbonyl (C=O) groups excluding carboxylic acids is 2. The summed E-state index contributed by atoms with van der Waals surface area (Å²) >= 11 is 0. The zero-order chi connectivity index (χ0) is 18.3. The Balaban J connectivity index is 2.79. The number of sulfonamides is 1. The fraction of sp³-hybridized carbons (Fsp3) is 0.467. The van der Waals surface area contributed by atoms with Gasteiger partial charge in [0, 0.05) is 39.8 Å². The van der Waals surface area contributed by atoms with Crippen LogP contribution in [0.3, 0.4) is 0 Å². The van der Waals surface area contributed by atoms with Crippen molar-refractivity contribution in [2.24, 2.45) is 0 Å². The van der Waals surface area contributed by atoms with E-state index in [1.807, 2.05) is 0 Å². The summed E-state index contributed by atoms with van der Waals surface area (Å²) in [5.41, 5.74) is 0.506. The van der Waals surface area contributed by atoms with Gasteiger partial charge in [0.25, 0.3) is 0 Å². The summed E-state index contributed by atoms with van der Waals surface area (Å²) < 4.78 is 26.0. The first-order chi connectivity index (χ1) is 11.2. The van der Waals surface area contributed by atoms with E-state index in [0.717, 1.165) is 4.31 Å². The highest BCUT2D eigenvalue weighted by molar-refractivity contribution is 7.89. The molecule has 0 atom stereocenters. The van der Waals surface area contributed by atoms with Crippen molar-refractivity contribution < 1.29 is 18.0 Å². The second kappa shape index (κ2) is 8.76. The molecule has 0 aliphatic heterocycles. The number of likely N-dealkylation sites (N-methyl/N-ethyl adjacent to an activating group) is 3. The van der Waals surface area contributed by atoms with Crippen molar-refractivity contribution in [2.75, 3.05) is 46.1 Å². The van der Waals surface area contributed by atoms with Crippen LogP contribution < -0.4 is 10.6 Å². The van der Waals surface area contributed by atoms with Crippen LogP contribution >= 0.6 is 0 Å². The summed E-state index contributed by atoms with van der Waals surface area (Å²) in [7, 11) is 0.991. The van der Waals surface area contributed by atoms with E-state index in [2.05, 4.69) is 10.6 Å². The quantitative estimate of drug-likeness (QED) is 0.680. The summed E-state index contributed by atoms with van der Waals surface area (Å²) in [6, 6.07) is 5.80. The summed E-state index contributed by atoms with van der Waals surface area (Å²) in [6.07, 6.45) is 0. The Kier molecular flexibility index (Phi) is 7.33. The lowest BCUT2D eigenvalue weighted by Gasteiger charge is -2.22. The normalized spacial score (nSPS) is 11.4. The lowest BCUT2D eigenvalue weighted by molar-refractivity contribution is -0.129. The van der Waals surface area contributed by atoms with Gasteiger partial charge in [0.1, 0.15) is 0 Å². The van der Waals surface area contributed by atoms with Gasteiger partial charge in [0.05, 0.1) is 11.4 Å². The van der Waals surface area contributed by atoms with Crippen LogP contribution in [0.2, 0.25) is 0 Å². The van der Waals surface area contributed by atoms with Crippen LogP contribution in [-0.4, -0.2) is 70.2 Å². The van der Waals surface area contributed by atoms with Gasteiger partial charge in [-0.3, -0.25) is 9.59 Å². The second-order valence-corrected chi connectivity index (χ2v) is 7.43. The van der Waals surface area contributed by atoms with Crippen LogP contribution in [0.5, 0.6) is 0 Å². The number of rotatable bonds is 8. The van der Waals surface area contributed by atoms with Crippen LogP contribution in [0.15, 0.2) is 29.2 Å². The number of benzene rings is 1. The van der Waals surface area contributed by atoms with Gasteiger partial charge in [0.2, 0.25) is 21.8 Å². The van der Waals surface area contributed by atoms with Crippen LogP contribution in [0.4, 0.5) is 5.69 Å². The Bertz CT molecular complexity index is 673. The zero-order valence-corrected chi connectivity index (χ0v) is 15.2. The summed E-state index contributed by atoms with van der Waals surface area (Å²) in [5.74, 6) is -0.524. The van der Waals surface area contributed by atoms with Crippen LogP contribution in [0.25, 0.3) is 0 Å². The van der Waals surface area contributed by atoms with E-state index in [9.17, 15) is 18.0 Å². The monoisotopic (exact) mass is 356 g/mol.